The fraction of sp³-hybridized carbons (Fsp3) is 0.391. The monoisotopic (exact) mass is 394 g/mol. The van der Waals surface area contributed by atoms with Crippen molar-refractivity contribution in [3.05, 3.63) is 60.2 Å². The van der Waals surface area contributed by atoms with E-state index in [0.29, 0.717) is 19.4 Å². The van der Waals surface area contributed by atoms with Crippen molar-refractivity contribution >= 4 is 17.5 Å². The van der Waals surface area contributed by atoms with E-state index in [-0.39, 0.29) is 18.4 Å². The summed E-state index contributed by atoms with van der Waals surface area (Å²) in [5.74, 6) is 0.878. The Morgan fingerprint density at radius 2 is 1.72 bits per heavy atom. The van der Waals surface area contributed by atoms with E-state index in [1.807, 2.05) is 35.2 Å². The van der Waals surface area contributed by atoms with Gasteiger partial charge in [-0.1, -0.05) is 42.5 Å². The molecule has 0 spiro atoms. The van der Waals surface area contributed by atoms with Crippen LogP contribution in [0.15, 0.2) is 54.6 Å². The summed E-state index contributed by atoms with van der Waals surface area (Å²) in [6.45, 7) is 5.20. The van der Waals surface area contributed by atoms with Crippen molar-refractivity contribution in [1.29, 1.82) is 0 Å². The summed E-state index contributed by atoms with van der Waals surface area (Å²) in [5.41, 5.74) is 2.15. The predicted octanol–water partition coefficient (Wildman–Crippen LogP) is 1.12. The molecule has 0 unspecified atom stereocenters. The molecule has 152 valence electrons. The van der Waals surface area contributed by atoms with Crippen molar-refractivity contribution in [3.8, 4) is 5.75 Å². The molecule has 2 aromatic rings. The molecule has 4 rings (SSSR count). The molecule has 0 bridgehead atoms. The molecule has 0 aromatic heterocycles. The number of nitrogens with one attached hydrogen (secondary N) is 1. The Labute approximate surface area is 171 Å². The summed E-state index contributed by atoms with van der Waals surface area (Å²) < 4.78 is 5.47. The van der Waals surface area contributed by atoms with Crippen LogP contribution in [-0.2, 0) is 16.1 Å². The van der Waals surface area contributed by atoms with Crippen molar-refractivity contribution in [1.82, 2.24) is 4.90 Å². The van der Waals surface area contributed by atoms with Gasteiger partial charge in [-0.3, -0.25) is 9.59 Å². The maximum Gasteiger partial charge on any atom is 0.265 e. The first-order chi connectivity index (χ1) is 14.2. The van der Waals surface area contributed by atoms with Gasteiger partial charge in [-0.15, -0.1) is 0 Å². The van der Waals surface area contributed by atoms with Crippen molar-refractivity contribution < 1.29 is 19.2 Å². The van der Waals surface area contributed by atoms with Crippen LogP contribution in [0, 0.1) is 0 Å². The van der Waals surface area contributed by atoms with Gasteiger partial charge in [-0.25, -0.2) is 0 Å². The van der Waals surface area contributed by atoms with E-state index >= 15 is 0 Å². The maximum atomic E-state index is 12.6. The fourth-order valence-electron chi connectivity index (χ4n) is 4.08. The highest BCUT2D eigenvalue weighted by Gasteiger charge is 2.26. The number of anilines is 1. The normalized spacial score (nSPS) is 17.0. The highest BCUT2D eigenvalue weighted by molar-refractivity contribution is 5.97. The summed E-state index contributed by atoms with van der Waals surface area (Å²) >= 11 is 0. The zero-order valence-electron chi connectivity index (χ0n) is 16.7. The minimum Gasteiger partial charge on any atom is -0.482 e. The number of ether oxygens (including phenoxy) is 1. The maximum absolute atomic E-state index is 12.6. The Kier molecular flexibility index (Phi) is 6.10. The highest BCUT2D eigenvalue weighted by atomic mass is 16.5. The zero-order valence-corrected chi connectivity index (χ0v) is 16.7. The van der Waals surface area contributed by atoms with Crippen LogP contribution in [0.1, 0.15) is 18.4 Å². The summed E-state index contributed by atoms with van der Waals surface area (Å²) in [5, 5.41) is 0. The number of hydrogen-bond donors (Lipinski definition) is 1. The van der Waals surface area contributed by atoms with Crippen LogP contribution in [0.3, 0.4) is 0 Å². The largest absolute Gasteiger partial charge is 0.482 e. The van der Waals surface area contributed by atoms with E-state index in [1.165, 1.54) is 10.5 Å². The molecule has 6 heteroatoms. The number of quaternary nitrogens is 1. The lowest BCUT2D eigenvalue weighted by Crippen LogP contribution is -3.13. The topological polar surface area (TPSA) is 54.3 Å². The van der Waals surface area contributed by atoms with Gasteiger partial charge in [0.2, 0.25) is 5.91 Å². The van der Waals surface area contributed by atoms with Crippen molar-refractivity contribution in [3.63, 3.8) is 0 Å². The van der Waals surface area contributed by atoms with Crippen LogP contribution >= 0.6 is 0 Å². The standard InChI is InChI=1S/C23H27N3O3/c27-22(25-15-13-24(14-16-25)17-19-7-2-1-3-8-19)11-6-12-26-20-9-4-5-10-21(20)29-18-23(26)28/h1-5,7-10H,6,11-18H2/p+1. The molecule has 0 radical (unpaired) electrons. The molecule has 1 saturated heterocycles. The smallest absolute Gasteiger partial charge is 0.265 e. The van der Waals surface area contributed by atoms with Gasteiger partial charge in [0.05, 0.1) is 31.9 Å². The second-order valence-corrected chi connectivity index (χ2v) is 7.70. The number of rotatable bonds is 6. The Bertz CT molecular complexity index is 847. The number of fused-ring (bicyclic) bond motifs is 1. The number of carbonyl (C=O) groups is 2. The van der Waals surface area contributed by atoms with Crippen molar-refractivity contribution in [2.45, 2.75) is 19.4 Å². The minimum atomic E-state index is -0.0470. The number of amides is 2. The number of piperazine rings is 1. The minimum absolute atomic E-state index is 0.0470. The number of carbonyl (C=O) groups excluding carboxylic acids is 2. The molecule has 6 nitrogen and oxygen atoms in total. The molecule has 0 saturated carbocycles. The van der Waals surface area contributed by atoms with Gasteiger partial charge in [0.25, 0.3) is 5.91 Å². The second-order valence-electron chi connectivity index (χ2n) is 7.70. The first kappa shape index (κ1) is 19.5. The van der Waals surface area contributed by atoms with Gasteiger partial charge < -0.3 is 19.4 Å². The van der Waals surface area contributed by atoms with E-state index in [0.717, 1.165) is 44.2 Å². The summed E-state index contributed by atoms with van der Waals surface area (Å²) in [6.07, 6.45) is 1.14. The lowest BCUT2D eigenvalue weighted by Gasteiger charge is -2.33. The molecular weight excluding hydrogens is 366 g/mol. The van der Waals surface area contributed by atoms with Crippen LogP contribution in [0.25, 0.3) is 0 Å². The SMILES string of the molecule is O=C(CCCN1C(=O)COc2ccccc21)N1CC[NH+](Cc2ccccc2)CC1. The molecule has 2 aliphatic heterocycles. The third kappa shape index (κ3) is 4.77. The van der Waals surface area contributed by atoms with E-state index in [1.54, 1.807) is 4.90 Å². The predicted molar refractivity (Wildman–Crippen MR) is 111 cm³/mol. The van der Waals surface area contributed by atoms with E-state index in [9.17, 15) is 9.59 Å². The van der Waals surface area contributed by atoms with Gasteiger partial charge in [0, 0.05) is 18.5 Å². The third-order valence-electron chi connectivity index (χ3n) is 5.70. The average Bonchev–Trinajstić information content (AvgIpc) is 2.76. The Balaban J connectivity index is 1.22. The molecular formula is C23H28N3O3+. The van der Waals surface area contributed by atoms with Gasteiger partial charge in [-0.05, 0) is 18.6 Å². The Hall–Kier alpha value is -2.86. The second kappa shape index (κ2) is 9.09. The van der Waals surface area contributed by atoms with Crippen LogP contribution in [0.4, 0.5) is 5.69 Å². The average molecular weight is 394 g/mol. The molecule has 2 aliphatic rings. The molecule has 0 aliphatic carbocycles. The first-order valence-electron chi connectivity index (χ1n) is 10.4. The Morgan fingerprint density at radius 1 is 1.00 bits per heavy atom. The quantitative estimate of drug-likeness (QED) is 0.799. The summed E-state index contributed by atoms with van der Waals surface area (Å²) in [6, 6.07) is 18.1. The van der Waals surface area contributed by atoms with Gasteiger partial charge in [-0.2, -0.15) is 0 Å². The molecule has 2 amide bonds. The van der Waals surface area contributed by atoms with Crippen LogP contribution in [0.5, 0.6) is 5.75 Å². The van der Waals surface area contributed by atoms with Gasteiger partial charge >= 0.3 is 0 Å². The van der Waals surface area contributed by atoms with Gasteiger partial charge in [0.1, 0.15) is 12.3 Å². The van der Waals surface area contributed by atoms with Gasteiger partial charge in [0.15, 0.2) is 6.61 Å². The molecule has 2 aromatic carbocycles. The van der Waals surface area contributed by atoms with E-state index < -0.39 is 0 Å². The number of nitrogens with zero attached hydrogens (tertiary/aromatic N) is 2. The molecule has 0 atom stereocenters. The third-order valence-corrected chi connectivity index (χ3v) is 5.70. The molecule has 1 N–H and O–H groups in total. The first-order valence-corrected chi connectivity index (χ1v) is 10.4. The lowest BCUT2D eigenvalue weighted by atomic mass is 10.1. The fourth-order valence-corrected chi connectivity index (χ4v) is 4.08. The Morgan fingerprint density at radius 3 is 2.52 bits per heavy atom. The molecule has 1 fully saturated rings. The van der Waals surface area contributed by atoms with Crippen LogP contribution in [-0.4, -0.2) is 56.0 Å². The van der Waals surface area contributed by atoms with Crippen molar-refractivity contribution in [2.24, 2.45) is 0 Å². The summed E-state index contributed by atoms with van der Waals surface area (Å²) in [7, 11) is 0. The van der Waals surface area contributed by atoms with Crippen molar-refractivity contribution in [2.75, 3.05) is 44.2 Å². The number of para-hydroxylation sites is 2. The van der Waals surface area contributed by atoms with Crippen LogP contribution < -0.4 is 14.5 Å². The number of hydrogen-bond acceptors (Lipinski definition) is 3. The van der Waals surface area contributed by atoms with E-state index in [2.05, 4.69) is 24.3 Å². The molecule has 29 heavy (non-hydrogen) atoms. The zero-order chi connectivity index (χ0) is 20.1. The lowest BCUT2D eigenvalue weighted by molar-refractivity contribution is -0.917. The van der Waals surface area contributed by atoms with Crippen LogP contribution in [0.2, 0.25) is 0 Å². The number of benzene rings is 2. The summed E-state index contributed by atoms with van der Waals surface area (Å²) in [4.78, 5) is 30.1. The highest BCUT2D eigenvalue weighted by Crippen LogP contribution is 2.31. The molecule has 2 heterocycles. The van der Waals surface area contributed by atoms with E-state index in [4.69, 9.17) is 4.74 Å².